The summed E-state index contributed by atoms with van der Waals surface area (Å²) in [5.41, 5.74) is 2.71. The van der Waals surface area contributed by atoms with E-state index in [9.17, 15) is 0 Å². The van der Waals surface area contributed by atoms with Crippen LogP contribution in [0.15, 0.2) is 41.1 Å². The van der Waals surface area contributed by atoms with Gasteiger partial charge < -0.3 is 9.64 Å². The zero-order valence-corrected chi connectivity index (χ0v) is 13.5. The third-order valence-corrected chi connectivity index (χ3v) is 4.92. The van der Waals surface area contributed by atoms with Gasteiger partial charge in [0, 0.05) is 30.7 Å². The van der Waals surface area contributed by atoms with Crippen LogP contribution in [0.25, 0.3) is 0 Å². The highest BCUT2D eigenvalue weighted by Crippen LogP contribution is 2.32. The fourth-order valence-electron chi connectivity index (χ4n) is 2.97. The lowest BCUT2D eigenvalue weighted by atomic mass is 10.0. The van der Waals surface area contributed by atoms with Gasteiger partial charge in [-0.3, -0.25) is 4.90 Å². The zero-order valence-electron chi connectivity index (χ0n) is 12.7. The molecule has 1 aliphatic rings. The van der Waals surface area contributed by atoms with Crippen molar-refractivity contribution in [2.75, 3.05) is 38.2 Å². The van der Waals surface area contributed by atoms with Crippen molar-refractivity contribution in [2.45, 2.75) is 13.0 Å². The molecule has 0 aliphatic carbocycles. The van der Waals surface area contributed by atoms with Crippen LogP contribution in [-0.4, -0.2) is 38.2 Å². The fourth-order valence-corrected chi connectivity index (χ4v) is 3.62. The minimum Gasteiger partial charge on any atom is -0.497 e. The van der Waals surface area contributed by atoms with Crippen molar-refractivity contribution in [1.82, 2.24) is 4.90 Å². The van der Waals surface area contributed by atoms with Crippen molar-refractivity contribution in [1.29, 1.82) is 0 Å². The maximum Gasteiger partial charge on any atom is 0.118 e. The molecular formula is C17H22N2OS. The summed E-state index contributed by atoms with van der Waals surface area (Å²) in [6.45, 7) is 6.66. The Kier molecular flexibility index (Phi) is 4.46. The minimum absolute atomic E-state index is 0.416. The Morgan fingerprint density at radius 1 is 1.19 bits per heavy atom. The van der Waals surface area contributed by atoms with E-state index in [4.69, 9.17) is 4.74 Å². The number of hydrogen-bond acceptors (Lipinski definition) is 4. The molecule has 1 unspecified atom stereocenters. The van der Waals surface area contributed by atoms with E-state index >= 15 is 0 Å². The smallest absolute Gasteiger partial charge is 0.118 e. The van der Waals surface area contributed by atoms with Crippen molar-refractivity contribution >= 4 is 17.0 Å². The molecule has 0 bridgehead atoms. The molecule has 1 fully saturated rings. The van der Waals surface area contributed by atoms with Gasteiger partial charge in [-0.15, -0.1) is 0 Å². The quantitative estimate of drug-likeness (QED) is 0.857. The number of rotatable bonds is 4. The van der Waals surface area contributed by atoms with E-state index < -0.39 is 0 Å². The number of piperazine rings is 1. The van der Waals surface area contributed by atoms with Gasteiger partial charge in [0.2, 0.25) is 0 Å². The number of hydrogen-bond donors (Lipinski definition) is 0. The number of ether oxygens (including phenoxy) is 1. The summed E-state index contributed by atoms with van der Waals surface area (Å²) in [7, 11) is 1.71. The van der Waals surface area contributed by atoms with E-state index in [-0.39, 0.29) is 0 Å². The predicted molar refractivity (Wildman–Crippen MR) is 89.5 cm³/mol. The van der Waals surface area contributed by atoms with E-state index in [0.717, 1.165) is 31.9 Å². The van der Waals surface area contributed by atoms with Gasteiger partial charge in [0.15, 0.2) is 0 Å². The number of nitrogens with zero attached hydrogens (tertiary/aromatic N) is 2. The first-order chi connectivity index (χ1) is 10.3. The van der Waals surface area contributed by atoms with Crippen LogP contribution < -0.4 is 9.64 Å². The third-order valence-electron chi connectivity index (χ3n) is 4.25. The molecule has 1 aromatic heterocycles. The molecule has 4 heteroatoms. The monoisotopic (exact) mass is 302 g/mol. The Morgan fingerprint density at radius 2 is 2.00 bits per heavy atom. The maximum atomic E-state index is 5.28. The molecule has 1 aromatic carbocycles. The lowest BCUT2D eigenvalue weighted by Crippen LogP contribution is -2.48. The molecule has 21 heavy (non-hydrogen) atoms. The van der Waals surface area contributed by atoms with Crippen LogP contribution in [0.2, 0.25) is 0 Å². The van der Waals surface area contributed by atoms with Crippen molar-refractivity contribution in [2.24, 2.45) is 0 Å². The van der Waals surface area contributed by atoms with Crippen LogP contribution in [0, 0.1) is 0 Å². The SMILES string of the molecule is CCN1CCN(c2ccsc2)C(c2ccc(OC)cc2)C1. The molecule has 3 rings (SSSR count). The van der Waals surface area contributed by atoms with Gasteiger partial charge in [0.05, 0.1) is 13.2 Å². The highest BCUT2D eigenvalue weighted by atomic mass is 32.1. The summed E-state index contributed by atoms with van der Waals surface area (Å²) >= 11 is 1.77. The molecule has 0 N–H and O–H groups in total. The Labute approximate surface area is 130 Å². The topological polar surface area (TPSA) is 15.7 Å². The summed E-state index contributed by atoms with van der Waals surface area (Å²) in [5, 5.41) is 4.41. The molecule has 2 heterocycles. The van der Waals surface area contributed by atoms with Crippen LogP contribution in [-0.2, 0) is 0 Å². The average Bonchev–Trinajstić information content (AvgIpc) is 3.08. The molecule has 1 atom stereocenters. The van der Waals surface area contributed by atoms with Crippen LogP contribution in [0.1, 0.15) is 18.5 Å². The van der Waals surface area contributed by atoms with Gasteiger partial charge >= 0.3 is 0 Å². The average molecular weight is 302 g/mol. The highest BCUT2D eigenvalue weighted by molar-refractivity contribution is 7.08. The summed E-state index contributed by atoms with van der Waals surface area (Å²) in [5.74, 6) is 0.920. The highest BCUT2D eigenvalue weighted by Gasteiger charge is 2.27. The molecule has 0 saturated carbocycles. The molecule has 1 saturated heterocycles. The Balaban J connectivity index is 1.88. The lowest BCUT2D eigenvalue weighted by molar-refractivity contribution is 0.234. The first-order valence-corrected chi connectivity index (χ1v) is 8.41. The van der Waals surface area contributed by atoms with Gasteiger partial charge in [0.1, 0.15) is 5.75 Å². The number of benzene rings is 1. The first-order valence-electron chi connectivity index (χ1n) is 7.47. The largest absolute Gasteiger partial charge is 0.497 e. The second-order valence-corrected chi connectivity index (χ2v) is 6.14. The van der Waals surface area contributed by atoms with Gasteiger partial charge in [-0.25, -0.2) is 0 Å². The third kappa shape index (κ3) is 3.06. The van der Waals surface area contributed by atoms with Crippen molar-refractivity contribution in [3.05, 3.63) is 46.7 Å². The molecule has 0 radical (unpaired) electrons. The predicted octanol–water partition coefficient (Wildman–Crippen LogP) is 3.64. The molecule has 2 aromatic rings. The normalized spacial score (nSPS) is 19.7. The maximum absolute atomic E-state index is 5.28. The molecule has 0 amide bonds. The van der Waals surface area contributed by atoms with Gasteiger partial charge in [-0.05, 0) is 35.7 Å². The lowest BCUT2D eigenvalue weighted by Gasteiger charge is -2.42. The van der Waals surface area contributed by atoms with Gasteiger partial charge in [0.25, 0.3) is 0 Å². The minimum atomic E-state index is 0.416. The molecule has 1 aliphatic heterocycles. The summed E-state index contributed by atoms with van der Waals surface area (Å²) in [6, 6.07) is 11.2. The number of thiophene rings is 1. The number of anilines is 1. The van der Waals surface area contributed by atoms with E-state index in [1.807, 2.05) is 0 Å². The Hall–Kier alpha value is -1.52. The van der Waals surface area contributed by atoms with Crippen molar-refractivity contribution < 1.29 is 4.74 Å². The van der Waals surface area contributed by atoms with E-state index in [1.54, 1.807) is 18.4 Å². The molecular weight excluding hydrogens is 280 g/mol. The van der Waals surface area contributed by atoms with Gasteiger partial charge in [-0.1, -0.05) is 19.1 Å². The van der Waals surface area contributed by atoms with E-state index in [1.165, 1.54) is 11.3 Å². The first kappa shape index (κ1) is 14.4. The van der Waals surface area contributed by atoms with E-state index in [0.29, 0.717) is 6.04 Å². The standard InChI is InChI=1S/C17H22N2OS/c1-3-18-9-10-19(15-8-11-21-13-15)17(12-18)14-4-6-16(20-2)7-5-14/h4-8,11,13,17H,3,9-10,12H2,1-2H3. The second kappa shape index (κ2) is 6.50. The summed E-state index contributed by atoms with van der Waals surface area (Å²) < 4.78 is 5.28. The van der Waals surface area contributed by atoms with Crippen molar-refractivity contribution in [3.63, 3.8) is 0 Å². The number of methoxy groups -OCH3 is 1. The Bertz CT molecular complexity index is 553. The van der Waals surface area contributed by atoms with Gasteiger partial charge in [-0.2, -0.15) is 11.3 Å². The van der Waals surface area contributed by atoms with Crippen LogP contribution in [0.5, 0.6) is 5.75 Å². The zero-order chi connectivity index (χ0) is 14.7. The second-order valence-electron chi connectivity index (χ2n) is 5.36. The van der Waals surface area contributed by atoms with Crippen LogP contribution >= 0.6 is 11.3 Å². The molecule has 3 nitrogen and oxygen atoms in total. The van der Waals surface area contributed by atoms with Crippen LogP contribution in [0.4, 0.5) is 5.69 Å². The van der Waals surface area contributed by atoms with Crippen LogP contribution in [0.3, 0.4) is 0 Å². The van der Waals surface area contributed by atoms with Crippen molar-refractivity contribution in [3.8, 4) is 5.75 Å². The number of likely N-dealkylation sites (N-methyl/N-ethyl adjacent to an activating group) is 1. The summed E-state index contributed by atoms with van der Waals surface area (Å²) in [4.78, 5) is 5.06. The van der Waals surface area contributed by atoms with E-state index in [2.05, 4.69) is 57.8 Å². The Morgan fingerprint density at radius 3 is 2.62 bits per heavy atom. The summed E-state index contributed by atoms with van der Waals surface area (Å²) in [6.07, 6.45) is 0. The fraction of sp³-hybridized carbons (Fsp3) is 0.412. The molecule has 0 spiro atoms. The molecule has 112 valence electrons.